The molecule has 1 aliphatic carbocycles. The van der Waals surface area contributed by atoms with Gasteiger partial charge in [0.25, 0.3) is 5.88 Å². The Labute approximate surface area is 154 Å². The number of hydrogen-bond acceptors (Lipinski definition) is 7. The zero-order valence-corrected chi connectivity index (χ0v) is 15.4. The van der Waals surface area contributed by atoms with Crippen molar-refractivity contribution in [1.82, 2.24) is 14.7 Å². The minimum Gasteiger partial charge on any atom is -0.472 e. The van der Waals surface area contributed by atoms with Gasteiger partial charge in [0.05, 0.1) is 4.34 Å². The smallest absolute Gasteiger partial charge is 0.251 e. The first-order chi connectivity index (χ1) is 12.0. The second-order valence-electron chi connectivity index (χ2n) is 5.59. The van der Waals surface area contributed by atoms with E-state index in [1.54, 1.807) is 6.07 Å². The maximum Gasteiger partial charge on any atom is 0.251 e. The van der Waals surface area contributed by atoms with Gasteiger partial charge in [-0.05, 0) is 37.8 Å². The van der Waals surface area contributed by atoms with Gasteiger partial charge in [-0.1, -0.05) is 11.6 Å². The molecule has 0 radical (unpaired) electrons. The summed E-state index contributed by atoms with van der Waals surface area (Å²) in [7, 11) is -3.55. The summed E-state index contributed by atoms with van der Waals surface area (Å²) in [5.74, 6) is 0.224. The summed E-state index contributed by atoms with van der Waals surface area (Å²) in [5.41, 5.74) is 0.153. The molecule has 7 nitrogen and oxygen atoms in total. The summed E-state index contributed by atoms with van der Waals surface area (Å²) in [6, 6.07) is 4.87. The Bertz CT molecular complexity index is 886. The molecule has 0 bridgehead atoms. The van der Waals surface area contributed by atoms with Crippen LogP contribution >= 0.6 is 22.9 Å². The molecule has 0 saturated heterocycles. The number of rotatable bonds is 5. The SMILES string of the molecule is N#Cc1nccnc1OC1CCC(NS(=O)(=O)c2ccc(Cl)s2)CC1. The third-order valence-electron chi connectivity index (χ3n) is 3.86. The van der Waals surface area contributed by atoms with Crippen molar-refractivity contribution in [2.75, 3.05) is 0 Å². The third kappa shape index (κ3) is 4.46. The molecule has 2 heterocycles. The largest absolute Gasteiger partial charge is 0.472 e. The first-order valence-electron chi connectivity index (χ1n) is 7.63. The van der Waals surface area contributed by atoms with Gasteiger partial charge >= 0.3 is 0 Å². The lowest BCUT2D eigenvalue weighted by Crippen LogP contribution is -2.39. The molecule has 2 aromatic heterocycles. The fourth-order valence-corrected chi connectivity index (χ4v) is 5.47. The van der Waals surface area contributed by atoms with Gasteiger partial charge in [0.1, 0.15) is 16.4 Å². The first kappa shape index (κ1) is 18.1. The van der Waals surface area contributed by atoms with Crippen LogP contribution in [0.3, 0.4) is 0 Å². The molecule has 0 aromatic carbocycles. The van der Waals surface area contributed by atoms with Gasteiger partial charge in [-0.25, -0.2) is 23.1 Å². The summed E-state index contributed by atoms with van der Waals surface area (Å²) < 4.78 is 33.8. The topological polar surface area (TPSA) is 105 Å². The predicted octanol–water partition coefficient (Wildman–Crippen LogP) is 2.73. The van der Waals surface area contributed by atoms with Crippen LogP contribution < -0.4 is 9.46 Å². The Balaban J connectivity index is 1.56. The Morgan fingerprint density at radius 3 is 2.60 bits per heavy atom. The van der Waals surface area contributed by atoms with E-state index in [1.165, 1.54) is 18.5 Å². The van der Waals surface area contributed by atoms with Crippen LogP contribution in [0.2, 0.25) is 4.34 Å². The van der Waals surface area contributed by atoms with Gasteiger partial charge in [0.2, 0.25) is 15.7 Å². The van der Waals surface area contributed by atoms with Crippen LogP contribution in [0.5, 0.6) is 5.88 Å². The Kier molecular flexibility index (Phi) is 5.54. The molecular formula is C15H15ClN4O3S2. The molecule has 3 rings (SSSR count). The van der Waals surface area contributed by atoms with Crippen molar-refractivity contribution in [2.45, 2.75) is 42.0 Å². The van der Waals surface area contributed by atoms with E-state index >= 15 is 0 Å². The van der Waals surface area contributed by atoms with Crippen LogP contribution in [0.1, 0.15) is 31.4 Å². The van der Waals surface area contributed by atoms with Crippen molar-refractivity contribution in [3.8, 4) is 11.9 Å². The molecule has 1 fully saturated rings. The van der Waals surface area contributed by atoms with Gasteiger partial charge in [-0.15, -0.1) is 11.3 Å². The van der Waals surface area contributed by atoms with Crippen LogP contribution in [-0.4, -0.2) is 30.5 Å². The van der Waals surface area contributed by atoms with E-state index in [-0.39, 0.29) is 27.9 Å². The number of thiophene rings is 1. The van der Waals surface area contributed by atoms with Gasteiger partial charge < -0.3 is 4.74 Å². The van der Waals surface area contributed by atoms with Crippen molar-refractivity contribution in [3.63, 3.8) is 0 Å². The number of nitrogens with zero attached hydrogens (tertiary/aromatic N) is 3. The van der Waals surface area contributed by atoms with Gasteiger partial charge in [0.15, 0.2) is 0 Å². The van der Waals surface area contributed by atoms with E-state index in [0.29, 0.717) is 30.0 Å². The third-order valence-corrected chi connectivity index (χ3v) is 7.10. The lowest BCUT2D eigenvalue weighted by Gasteiger charge is -2.28. The molecule has 0 atom stereocenters. The van der Waals surface area contributed by atoms with Crippen LogP contribution in [0.15, 0.2) is 28.7 Å². The summed E-state index contributed by atoms with van der Waals surface area (Å²) >= 11 is 6.84. The molecule has 1 N–H and O–H groups in total. The maximum absolute atomic E-state index is 12.3. The first-order valence-corrected chi connectivity index (χ1v) is 10.3. The number of ether oxygens (including phenoxy) is 1. The van der Waals surface area contributed by atoms with Crippen molar-refractivity contribution >= 4 is 33.0 Å². The Morgan fingerprint density at radius 1 is 1.24 bits per heavy atom. The molecule has 2 aromatic rings. The Hall–Kier alpha value is -1.73. The van der Waals surface area contributed by atoms with Crippen molar-refractivity contribution in [3.05, 3.63) is 34.6 Å². The normalized spacial score (nSPS) is 20.8. The monoisotopic (exact) mass is 398 g/mol. The standard InChI is InChI=1S/C15H15ClN4O3S2/c16-13-5-6-14(24-13)25(21,22)20-10-1-3-11(4-2-10)23-15-12(9-17)18-7-8-19-15/h5-8,10-11,20H,1-4H2. The molecular weight excluding hydrogens is 384 g/mol. The number of sulfonamides is 1. The summed E-state index contributed by atoms with van der Waals surface area (Å²) in [5, 5.41) is 9.01. The van der Waals surface area contributed by atoms with Gasteiger partial charge in [0, 0.05) is 18.4 Å². The molecule has 1 aliphatic rings. The summed E-state index contributed by atoms with van der Waals surface area (Å²) in [6.07, 6.45) is 5.42. The van der Waals surface area contributed by atoms with Crippen molar-refractivity contribution in [1.29, 1.82) is 5.26 Å². The molecule has 0 unspecified atom stereocenters. The number of halogens is 1. The fraction of sp³-hybridized carbons (Fsp3) is 0.400. The molecule has 132 valence electrons. The quantitative estimate of drug-likeness (QED) is 0.830. The lowest BCUT2D eigenvalue weighted by molar-refractivity contribution is 0.137. The van der Waals surface area contributed by atoms with Gasteiger partial charge in [-0.2, -0.15) is 5.26 Å². The van der Waals surface area contributed by atoms with Crippen LogP contribution in [0, 0.1) is 11.3 Å². The fourth-order valence-electron chi connectivity index (χ4n) is 2.66. The lowest BCUT2D eigenvalue weighted by atomic mass is 9.94. The highest BCUT2D eigenvalue weighted by Gasteiger charge is 2.28. The van der Waals surface area contributed by atoms with E-state index < -0.39 is 10.0 Å². The molecule has 0 spiro atoms. The average molecular weight is 399 g/mol. The van der Waals surface area contributed by atoms with E-state index in [4.69, 9.17) is 21.6 Å². The highest BCUT2D eigenvalue weighted by Crippen LogP contribution is 2.28. The van der Waals surface area contributed by atoms with Gasteiger partial charge in [-0.3, -0.25) is 0 Å². The van der Waals surface area contributed by atoms with E-state index in [0.717, 1.165) is 11.3 Å². The number of hydrogen-bond donors (Lipinski definition) is 1. The number of nitrogens with one attached hydrogen (secondary N) is 1. The predicted molar refractivity (Wildman–Crippen MR) is 93.1 cm³/mol. The van der Waals surface area contributed by atoms with Crippen molar-refractivity contribution < 1.29 is 13.2 Å². The van der Waals surface area contributed by atoms with Crippen LogP contribution in [-0.2, 0) is 10.0 Å². The minimum absolute atomic E-state index is 0.110. The Morgan fingerprint density at radius 2 is 1.96 bits per heavy atom. The second-order valence-corrected chi connectivity index (χ2v) is 9.25. The van der Waals surface area contributed by atoms with Crippen molar-refractivity contribution in [2.24, 2.45) is 0 Å². The summed E-state index contributed by atoms with van der Waals surface area (Å²) in [4.78, 5) is 7.95. The highest BCUT2D eigenvalue weighted by molar-refractivity contribution is 7.91. The summed E-state index contributed by atoms with van der Waals surface area (Å²) in [6.45, 7) is 0. The molecule has 25 heavy (non-hydrogen) atoms. The number of nitriles is 1. The number of aromatic nitrogens is 2. The zero-order chi connectivity index (χ0) is 17.9. The second kappa shape index (κ2) is 7.66. The van der Waals surface area contributed by atoms with E-state index in [9.17, 15) is 8.42 Å². The minimum atomic E-state index is -3.55. The zero-order valence-electron chi connectivity index (χ0n) is 13.1. The molecule has 10 heteroatoms. The molecule has 1 saturated carbocycles. The van der Waals surface area contributed by atoms with Crippen LogP contribution in [0.4, 0.5) is 0 Å². The highest BCUT2D eigenvalue weighted by atomic mass is 35.5. The maximum atomic E-state index is 12.3. The average Bonchev–Trinajstić information content (AvgIpc) is 3.04. The molecule has 0 amide bonds. The molecule has 0 aliphatic heterocycles. The van der Waals surface area contributed by atoms with E-state index in [1.807, 2.05) is 6.07 Å². The van der Waals surface area contributed by atoms with Crippen LogP contribution in [0.25, 0.3) is 0 Å². The van der Waals surface area contributed by atoms with E-state index in [2.05, 4.69) is 14.7 Å².